The summed E-state index contributed by atoms with van der Waals surface area (Å²) < 4.78 is 1.76. The zero-order chi connectivity index (χ0) is 13.2. The standard InChI is InChI=1S/C14H22N4O/c1-17-10-11(9-16-17)8-15-14(19)18-7-3-5-12-4-2-6-13(12)18/h9-10,12-13H,2-8H2,1H3,(H,15,19). The van der Waals surface area contributed by atoms with Gasteiger partial charge in [-0.2, -0.15) is 5.10 Å². The highest BCUT2D eigenvalue weighted by atomic mass is 16.2. The minimum Gasteiger partial charge on any atom is -0.334 e. The summed E-state index contributed by atoms with van der Waals surface area (Å²) in [7, 11) is 1.89. The van der Waals surface area contributed by atoms with Crippen LogP contribution in [0.4, 0.5) is 4.79 Å². The quantitative estimate of drug-likeness (QED) is 0.885. The molecule has 5 heteroatoms. The topological polar surface area (TPSA) is 50.2 Å². The molecule has 2 heterocycles. The number of urea groups is 1. The van der Waals surface area contributed by atoms with Gasteiger partial charge in [0.05, 0.1) is 6.20 Å². The van der Waals surface area contributed by atoms with E-state index in [4.69, 9.17) is 0 Å². The normalized spacial score (nSPS) is 26.3. The molecule has 0 spiro atoms. The minimum atomic E-state index is 0.0976. The van der Waals surface area contributed by atoms with Gasteiger partial charge in [-0.15, -0.1) is 0 Å². The number of carbonyl (C=O) groups is 1. The third-order valence-corrected chi connectivity index (χ3v) is 4.46. The molecule has 1 aromatic heterocycles. The molecule has 1 aliphatic carbocycles. The van der Waals surface area contributed by atoms with Gasteiger partial charge >= 0.3 is 6.03 Å². The average molecular weight is 262 g/mol. The van der Waals surface area contributed by atoms with E-state index in [1.165, 1.54) is 25.7 Å². The van der Waals surface area contributed by atoms with E-state index in [0.29, 0.717) is 12.6 Å². The van der Waals surface area contributed by atoms with Gasteiger partial charge in [0.1, 0.15) is 0 Å². The number of nitrogens with one attached hydrogen (secondary N) is 1. The highest BCUT2D eigenvalue weighted by Gasteiger charge is 2.37. The van der Waals surface area contributed by atoms with Crippen molar-refractivity contribution >= 4 is 6.03 Å². The number of nitrogens with zero attached hydrogens (tertiary/aromatic N) is 3. The summed E-state index contributed by atoms with van der Waals surface area (Å²) in [6.45, 7) is 1.49. The van der Waals surface area contributed by atoms with E-state index in [9.17, 15) is 4.79 Å². The Morgan fingerprint density at radius 3 is 3.05 bits per heavy atom. The summed E-state index contributed by atoms with van der Waals surface area (Å²) in [5, 5.41) is 7.14. The van der Waals surface area contributed by atoms with Crippen molar-refractivity contribution in [3.63, 3.8) is 0 Å². The summed E-state index contributed by atoms with van der Waals surface area (Å²) in [5.41, 5.74) is 1.05. The Labute approximate surface area is 114 Å². The van der Waals surface area contributed by atoms with Crippen LogP contribution in [0.15, 0.2) is 12.4 Å². The third-order valence-electron chi connectivity index (χ3n) is 4.46. The van der Waals surface area contributed by atoms with Gasteiger partial charge in [0.2, 0.25) is 0 Å². The zero-order valence-electron chi connectivity index (χ0n) is 11.5. The molecule has 0 radical (unpaired) electrons. The fourth-order valence-electron chi connectivity index (χ4n) is 3.55. The van der Waals surface area contributed by atoms with Crippen molar-refractivity contribution in [3.05, 3.63) is 18.0 Å². The molecule has 104 valence electrons. The second-order valence-corrected chi connectivity index (χ2v) is 5.77. The Morgan fingerprint density at radius 2 is 2.26 bits per heavy atom. The van der Waals surface area contributed by atoms with Crippen molar-refractivity contribution in [2.45, 2.75) is 44.7 Å². The van der Waals surface area contributed by atoms with Crippen LogP contribution in [0.5, 0.6) is 0 Å². The molecule has 5 nitrogen and oxygen atoms in total. The van der Waals surface area contributed by atoms with Crippen LogP contribution in [0, 0.1) is 5.92 Å². The van der Waals surface area contributed by atoms with Crippen molar-refractivity contribution in [1.29, 1.82) is 0 Å². The summed E-state index contributed by atoms with van der Waals surface area (Å²) in [6, 6.07) is 0.586. The molecule has 0 aromatic carbocycles. The van der Waals surface area contributed by atoms with Gasteiger partial charge in [-0.3, -0.25) is 4.68 Å². The van der Waals surface area contributed by atoms with Crippen LogP contribution in [0.2, 0.25) is 0 Å². The minimum absolute atomic E-state index is 0.0976. The Bertz CT molecular complexity index is 456. The van der Waals surface area contributed by atoms with Crippen LogP contribution >= 0.6 is 0 Å². The van der Waals surface area contributed by atoms with Crippen molar-refractivity contribution in [2.75, 3.05) is 6.54 Å². The summed E-state index contributed by atoms with van der Waals surface area (Å²) in [4.78, 5) is 14.4. The number of fused-ring (bicyclic) bond motifs is 1. The number of piperidine rings is 1. The highest BCUT2D eigenvalue weighted by molar-refractivity contribution is 5.74. The van der Waals surface area contributed by atoms with E-state index in [2.05, 4.69) is 15.3 Å². The van der Waals surface area contributed by atoms with Gasteiger partial charge in [0, 0.05) is 37.9 Å². The van der Waals surface area contributed by atoms with Crippen LogP contribution in [0.1, 0.15) is 37.7 Å². The lowest BCUT2D eigenvalue weighted by Crippen LogP contribution is -2.50. The molecule has 2 atom stereocenters. The van der Waals surface area contributed by atoms with Gasteiger partial charge in [-0.05, 0) is 31.6 Å². The van der Waals surface area contributed by atoms with E-state index in [0.717, 1.165) is 24.4 Å². The number of amides is 2. The smallest absolute Gasteiger partial charge is 0.317 e. The van der Waals surface area contributed by atoms with Gasteiger partial charge < -0.3 is 10.2 Å². The first-order valence-electron chi connectivity index (χ1n) is 7.26. The third kappa shape index (κ3) is 2.60. The van der Waals surface area contributed by atoms with Gasteiger partial charge in [-0.1, -0.05) is 6.42 Å². The Hall–Kier alpha value is -1.52. The molecule has 2 aliphatic rings. The van der Waals surface area contributed by atoms with Gasteiger partial charge in [0.15, 0.2) is 0 Å². The zero-order valence-corrected chi connectivity index (χ0v) is 11.5. The molecule has 0 bridgehead atoms. The maximum absolute atomic E-state index is 12.3. The van der Waals surface area contributed by atoms with E-state index in [-0.39, 0.29) is 6.03 Å². The van der Waals surface area contributed by atoms with E-state index < -0.39 is 0 Å². The van der Waals surface area contributed by atoms with Gasteiger partial charge in [-0.25, -0.2) is 4.79 Å². The monoisotopic (exact) mass is 262 g/mol. The molecule has 2 unspecified atom stereocenters. The summed E-state index contributed by atoms with van der Waals surface area (Å²) >= 11 is 0. The number of hydrogen-bond acceptors (Lipinski definition) is 2. The second kappa shape index (κ2) is 5.23. The molecule has 2 fully saturated rings. The molecular weight excluding hydrogens is 240 g/mol. The first kappa shape index (κ1) is 12.5. The predicted octanol–water partition coefficient (Wildman–Crippen LogP) is 1.89. The molecule has 1 aliphatic heterocycles. The van der Waals surface area contributed by atoms with Crippen molar-refractivity contribution in [1.82, 2.24) is 20.0 Å². The number of aromatic nitrogens is 2. The van der Waals surface area contributed by atoms with Crippen LogP contribution in [-0.4, -0.2) is 33.3 Å². The number of rotatable bonds is 2. The molecule has 1 N–H and O–H groups in total. The predicted molar refractivity (Wildman–Crippen MR) is 72.5 cm³/mol. The lowest BCUT2D eigenvalue weighted by Gasteiger charge is -2.37. The highest BCUT2D eigenvalue weighted by Crippen LogP contribution is 2.36. The first-order chi connectivity index (χ1) is 9.24. The van der Waals surface area contributed by atoms with Crippen molar-refractivity contribution in [2.24, 2.45) is 13.0 Å². The SMILES string of the molecule is Cn1cc(CNC(=O)N2CCCC3CCCC32)cn1. The van der Waals surface area contributed by atoms with E-state index in [1.54, 1.807) is 10.9 Å². The fourth-order valence-corrected chi connectivity index (χ4v) is 3.55. The molecule has 1 saturated heterocycles. The molecule has 3 rings (SSSR count). The average Bonchev–Trinajstić information content (AvgIpc) is 3.03. The molecule has 2 amide bonds. The number of likely N-dealkylation sites (tertiary alicyclic amines) is 1. The van der Waals surface area contributed by atoms with Crippen molar-refractivity contribution < 1.29 is 4.79 Å². The number of carbonyl (C=O) groups excluding carboxylic acids is 1. The van der Waals surface area contributed by atoms with Gasteiger partial charge in [0.25, 0.3) is 0 Å². The van der Waals surface area contributed by atoms with Crippen molar-refractivity contribution in [3.8, 4) is 0 Å². The summed E-state index contributed by atoms with van der Waals surface area (Å²) in [5.74, 6) is 0.748. The Balaban J connectivity index is 1.57. The number of aryl methyl sites for hydroxylation is 1. The largest absolute Gasteiger partial charge is 0.334 e. The number of hydrogen-bond donors (Lipinski definition) is 1. The molecule has 1 saturated carbocycles. The van der Waals surface area contributed by atoms with Crippen LogP contribution < -0.4 is 5.32 Å². The van der Waals surface area contributed by atoms with Crippen LogP contribution in [-0.2, 0) is 13.6 Å². The maximum atomic E-state index is 12.3. The van der Waals surface area contributed by atoms with E-state index in [1.807, 2.05) is 13.2 Å². The van der Waals surface area contributed by atoms with Crippen LogP contribution in [0.3, 0.4) is 0 Å². The maximum Gasteiger partial charge on any atom is 0.317 e. The molecule has 19 heavy (non-hydrogen) atoms. The fraction of sp³-hybridized carbons (Fsp3) is 0.714. The Kier molecular flexibility index (Phi) is 3.44. The lowest BCUT2D eigenvalue weighted by atomic mass is 9.92. The Morgan fingerprint density at radius 1 is 1.42 bits per heavy atom. The first-order valence-corrected chi connectivity index (χ1v) is 7.26. The van der Waals surface area contributed by atoms with E-state index >= 15 is 0 Å². The summed E-state index contributed by atoms with van der Waals surface area (Å²) in [6.07, 6.45) is 9.96. The second-order valence-electron chi connectivity index (χ2n) is 5.77. The lowest BCUT2D eigenvalue weighted by molar-refractivity contribution is 0.128. The molecular formula is C14H22N4O. The molecule has 1 aromatic rings. The van der Waals surface area contributed by atoms with Crippen LogP contribution in [0.25, 0.3) is 0 Å².